The summed E-state index contributed by atoms with van der Waals surface area (Å²) in [5.74, 6) is -0.425. The minimum atomic E-state index is -3.71. The third-order valence-electron chi connectivity index (χ3n) is 5.97. The van der Waals surface area contributed by atoms with Gasteiger partial charge in [-0.15, -0.1) is 0 Å². The van der Waals surface area contributed by atoms with Crippen LogP contribution >= 0.6 is 0 Å². The van der Waals surface area contributed by atoms with Crippen LogP contribution in [0.4, 0.5) is 17.1 Å². The molecule has 36 heavy (non-hydrogen) atoms. The molecule has 0 bridgehead atoms. The highest BCUT2D eigenvalue weighted by Crippen LogP contribution is 2.29. The van der Waals surface area contributed by atoms with E-state index in [9.17, 15) is 18.0 Å². The van der Waals surface area contributed by atoms with Crippen molar-refractivity contribution in [2.45, 2.75) is 11.3 Å². The van der Waals surface area contributed by atoms with Gasteiger partial charge in [-0.3, -0.25) is 14.3 Å². The van der Waals surface area contributed by atoms with Gasteiger partial charge in [-0.25, -0.2) is 8.42 Å². The SMILES string of the molecule is O=C(Nc1ccc(C(=O)N2CCc3ccccc32)cc1)c1ccc(NS(=O)(=O)c2ccccc2)cc1. The molecular formula is C28H23N3O4S. The molecule has 0 saturated heterocycles. The number of carbonyl (C=O) groups is 2. The molecule has 0 aromatic heterocycles. The van der Waals surface area contributed by atoms with Crippen LogP contribution in [0.2, 0.25) is 0 Å². The number of sulfonamides is 1. The zero-order valence-electron chi connectivity index (χ0n) is 19.2. The number of amides is 2. The fourth-order valence-corrected chi connectivity index (χ4v) is 5.19. The van der Waals surface area contributed by atoms with Crippen molar-refractivity contribution in [1.82, 2.24) is 0 Å². The fourth-order valence-electron chi connectivity index (χ4n) is 4.11. The average molecular weight is 498 g/mol. The van der Waals surface area contributed by atoms with Crippen molar-refractivity contribution in [2.24, 2.45) is 0 Å². The summed E-state index contributed by atoms with van der Waals surface area (Å²) in [5, 5.41) is 2.80. The lowest BCUT2D eigenvalue weighted by Gasteiger charge is -2.17. The van der Waals surface area contributed by atoms with Crippen LogP contribution in [-0.2, 0) is 16.4 Å². The predicted octanol–water partition coefficient (Wildman–Crippen LogP) is 4.94. The summed E-state index contributed by atoms with van der Waals surface area (Å²) < 4.78 is 27.4. The first-order valence-electron chi connectivity index (χ1n) is 11.4. The number of hydrogen-bond donors (Lipinski definition) is 2. The molecule has 180 valence electrons. The molecule has 0 atom stereocenters. The monoisotopic (exact) mass is 497 g/mol. The highest BCUT2D eigenvalue weighted by atomic mass is 32.2. The molecule has 0 aliphatic carbocycles. The molecule has 0 radical (unpaired) electrons. The Morgan fingerprint density at radius 2 is 1.31 bits per heavy atom. The molecule has 2 amide bonds. The average Bonchev–Trinajstić information content (AvgIpc) is 3.34. The first-order chi connectivity index (χ1) is 17.4. The van der Waals surface area contributed by atoms with Crippen LogP contribution in [-0.4, -0.2) is 26.8 Å². The van der Waals surface area contributed by atoms with Crippen molar-refractivity contribution in [2.75, 3.05) is 21.5 Å². The Kier molecular flexibility index (Phi) is 6.26. The van der Waals surface area contributed by atoms with Crippen molar-refractivity contribution < 1.29 is 18.0 Å². The second-order valence-corrected chi connectivity index (χ2v) is 10.0. The Balaban J connectivity index is 1.22. The molecule has 5 rings (SSSR count). The highest BCUT2D eigenvalue weighted by Gasteiger charge is 2.25. The van der Waals surface area contributed by atoms with Gasteiger partial charge in [-0.05, 0) is 78.7 Å². The maximum absolute atomic E-state index is 13.0. The van der Waals surface area contributed by atoms with Gasteiger partial charge in [0, 0.05) is 34.7 Å². The summed E-state index contributed by atoms with van der Waals surface area (Å²) in [6.45, 7) is 0.647. The Hall–Kier alpha value is -4.43. The van der Waals surface area contributed by atoms with Gasteiger partial charge in [0.25, 0.3) is 21.8 Å². The van der Waals surface area contributed by atoms with Crippen LogP contribution in [0.5, 0.6) is 0 Å². The van der Waals surface area contributed by atoms with Gasteiger partial charge in [0.2, 0.25) is 0 Å². The maximum atomic E-state index is 13.0. The van der Waals surface area contributed by atoms with E-state index in [1.165, 1.54) is 24.3 Å². The number of para-hydroxylation sites is 1. The number of rotatable bonds is 6. The second-order valence-electron chi connectivity index (χ2n) is 8.36. The number of nitrogens with one attached hydrogen (secondary N) is 2. The molecule has 1 heterocycles. The Bertz CT molecular complexity index is 1520. The van der Waals surface area contributed by atoms with E-state index in [4.69, 9.17) is 0 Å². The van der Waals surface area contributed by atoms with Crippen molar-refractivity contribution in [3.63, 3.8) is 0 Å². The lowest BCUT2D eigenvalue weighted by molar-refractivity contribution is 0.0988. The van der Waals surface area contributed by atoms with Crippen molar-refractivity contribution in [3.05, 3.63) is 120 Å². The van der Waals surface area contributed by atoms with Crippen LogP contribution < -0.4 is 14.9 Å². The van der Waals surface area contributed by atoms with Gasteiger partial charge in [0.15, 0.2) is 0 Å². The summed E-state index contributed by atoms with van der Waals surface area (Å²) >= 11 is 0. The molecule has 8 heteroatoms. The Morgan fingerprint density at radius 1 is 0.694 bits per heavy atom. The predicted molar refractivity (Wildman–Crippen MR) is 140 cm³/mol. The summed E-state index contributed by atoms with van der Waals surface area (Å²) in [4.78, 5) is 27.6. The van der Waals surface area contributed by atoms with E-state index in [1.54, 1.807) is 59.5 Å². The van der Waals surface area contributed by atoms with E-state index in [0.29, 0.717) is 29.0 Å². The summed E-state index contributed by atoms with van der Waals surface area (Å²) in [6, 6.07) is 28.9. The number of benzene rings is 4. The van der Waals surface area contributed by atoms with Gasteiger partial charge in [0.1, 0.15) is 0 Å². The van der Waals surface area contributed by atoms with E-state index >= 15 is 0 Å². The molecule has 1 aliphatic heterocycles. The lowest BCUT2D eigenvalue weighted by atomic mass is 10.1. The number of carbonyl (C=O) groups excluding carboxylic acids is 2. The van der Waals surface area contributed by atoms with E-state index in [-0.39, 0.29) is 16.7 Å². The van der Waals surface area contributed by atoms with Crippen molar-refractivity contribution in [3.8, 4) is 0 Å². The van der Waals surface area contributed by atoms with E-state index in [0.717, 1.165) is 17.7 Å². The minimum Gasteiger partial charge on any atom is -0.322 e. The normalized spacial score (nSPS) is 12.6. The zero-order valence-corrected chi connectivity index (χ0v) is 20.0. The van der Waals surface area contributed by atoms with Crippen LogP contribution in [0.25, 0.3) is 0 Å². The molecule has 4 aromatic rings. The third kappa shape index (κ3) is 4.85. The molecule has 2 N–H and O–H groups in total. The van der Waals surface area contributed by atoms with Crippen LogP contribution in [0, 0.1) is 0 Å². The summed E-state index contributed by atoms with van der Waals surface area (Å²) in [5.41, 5.74) is 3.91. The van der Waals surface area contributed by atoms with Gasteiger partial charge >= 0.3 is 0 Å². The third-order valence-corrected chi connectivity index (χ3v) is 7.37. The molecule has 0 saturated carbocycles. The van der Waals surface area contributed by atoms with E-state index in [2.05, 4.69) is 10.0 Å². The second kappa shape index (κ2) is 9.67. The molecule has 0 unspecified atom stereocenters. The lowest BCUT2D eigenvalue weighted by Crippen LogP contribution is -2.28. The van der Waals surface area contributed by atoms with Gasteiger partial charge in [-0.2, -0.15) is 0 Å². The molecule has 4 aromatic carbocycles. The van der Waals surface area contributed by atoms with Crippen LogP contribution in [0.15, 0.2) is 108 Å². The number of hydrogen-bond acceptors (Lipinski definition) is 4. The van der Waals surface area contributed by atoms with E-state index < -0.39 is 10.0 Å². The van der Waals surface area contributed by atoms with Crippen molar-refractivity contribution >= 4 is 38.9 Å². The molecule has 0 spiro atoms. The van der Waals surface area contributed by atoms with Gasteiger partial charge < -0.3 is 10.2 Å². The quantitative estimate of drug-likeness (QED) is 0.394. The van der Waals surface area contributed by atoms with Gasteiger partial charge in [0.05, 0.1) is 4.90 Å². The Labute approximate surface area is 209 Å². The topological polar surface area (TPSA) is 95.6 Å². The zero-order chi connectivity index (χ0) is 25.1. The summed E-state index contributed by atoms with van der Waals surface area (Å²) in [7, 11) is -3.71. The minimum absolute atomic E-state index is 0.0774. The van der Waals surface area contributed by atoms with Crippen LogP contribution in [0.3, 0.4) is 0 Å². The first kappa shape index (κ1) is 23.3. The molecular weight excluding hydrogens is 474 g/mol. The first-order valence-corrected chi connectivity index (χ1v) is 12.9. The highest BCUT2D eigenvalue weighted by molar-refractivity contribution is 7.92. The number of nitrogens with zero attached hydrogens (tertiary/aromatic N) is 1. The number of anilines is 3. The summed E-state index contributed by atoms with van der Waals surface area (Å²) in [6.07, 6.45) is 0.836. The molecule has 1 aliphatic rings. The van der Waals surface area contributed by atoms with E-state index in [1.807, 2.05) is 24.3 Å². The maximum Gasteiger partial charge on any atom is 0.261 e. The fraction of sp³-hybridized carbons (Fsp3) is 0.0714. The number of fused-ring (bicyclic) bond motifs is 1. The standard InChI is InChI=1S/C28H23N3O4S/c32-27(21-10-16-24(17-11-21)30-36(34,35)25-7-2-1-3-8-25)29-23-14-12-22(13-15-23)28(33)31-19-18-20-6-4-5-9-26(20)31/h1-17,30H,18-19H2,(H,29,32). The van der Waals surface area contributed by atoms with Crippen LogP contribution in [0.1, 0.15) is 26.3 Å². The Morgan fingerprint density at radius 3 is 2.03 bits per heavy atom. The largest absolute Gasteiger partial charge is 0.322 e. The molecule has 0 fully saturated rings. The molecule has 7 nitrogen and oxygen atoms in total. The smallest absolute Gasteiger partial charge is 0.261 e. The van der Waals surface area contributed by atoms with Crippen molar-refractivity contribution in [1.29, 1.82) is 0 Å². The van der Waals surface area contributed by atoms with Gasteiger partial charge in [-0.1, -0.05) is 36.4 Å².